The van der Waals surface area contributed by atoms with Crippen LogP contribution in [-0.4, -0.2) is 64.7 Å². The van der Waals surface area contributed by atoms with Crippen molar-refractivity contribution < 1.29 is 23.1 Å². The maximum atomic E-state index is 15.1. The number of aryl methyl sites for hydroxylation is 1. The second kappa shape index (κ2) is 8.60. The lowest BCUT2D eigenvalue weighted by molar-refractivity contribution is 0.101. The SMILES string of the molecule is CC(=O)c1cn(-c2c(F)cc(C)cc2F)c2nc(N3CCN(C)C(CO)C3)c(F)cc2c1=O. The number of aliphatic hydroxyl groups is 1. The number of rotatable bonds is 4. The highest BCUT2D eigenvalue weighted by molar-refractivity contribution is 5.97. The number of ketones is 1. The van der Waals surface area contributed by atoms with Crippen LogP contribution in [0, 0.1) is 24.4 Å². The number of benzene rings is 1. The summed E-state index contributed by atoms with van der Waals surface area (Å²) in [7, 11) is 1.84. The number of piperazine rings is 1. The van der Waals surface area contributed by atoms with Crippen LogP contribution in [0.1, 0.15) is 22.8 Å². The Kier molecular flexibility index (Phi) is 5.98. The lowest BCUT2D eigenvalue weighted by Crippen LogP contribution is -2.53. The number of aliphatic hydroxyl groups excluding tert-OH is 1. The Hall–Kier alpha value is -3.24. The van der Waals surface area contributed by atoms with Crippen molar-refractivity contribution in [3.63, 3.8) is 0 Å². The highest BCUT2D eigenvalue weighted by atomic mass is 19.1. The molecule has 3 aromatic rings. The van der Waals surface area contributed by atoms with Crippen LogP contribution in [0.25, 0.3) is 16.7 Å². The Morgan fingerprint density at radius 2 is 1.82 bits per heavy atom. The maximum Gasteiger partial charge on any atom is 0.201 e. The van der Waals surface area contributed by atoms with E-state index >= 15 is 4.39 Å². The minimum Gasteiger partial charge on any atom is -0.395 e. The summed E-state index contributed by atoms with van der Waals surface area (Å²) in [5.74, 6) is -3.37. The fourth-order valence-corrected chi connectivity index (χ4v) is 4.12. The Balaban J connectivity index is 2.01. The summed E-state index contributed by atoms with van der Waals surface area (Å²) >= 11 is 0. The molecule has 1 saturated heterocycles. The molecule has 2 aromatic heterocycles. The molecule has 0 amide bonds. The van der Waals surface area contributed by atoms with Gasteiger partial charge in [-0.3, -0.25) is 19.1 Å². The van der Waals surface area contributed by atoms with Crippen LogP contribution in [-0.2, 0) is 0 Å². The van der Waals surface area contributed by atoms with E-state index in [0.717, 1.165) is 35.9 Å². The number of fused-ring (bicyclic) bond motifs is 1. The highest BCUT2D eigenvalue weighted by Gasteiger charge is 2.28. The molecule has 1 aromatic carbocycles. The minimum absolute atomic E-state index is 0.106. The normalized spacial score (nSPS) is 17.1. The molecule has 3 heterocycles. The first-order valence-corrected chi connectivity index (χ1v) is 10.4. The van der Waals surface area contributed by atoms with Gasteiger partial charge >= 0.3 is 0 Å². The quantitative estimate of drug-likeness (QED) is 0.603. The van der Waals surface area contributed by atoms with Gasteiger partial charge in [0.15, 0.2) is 34.7 Å². The summed E-state index contributed by atoms with van der Waals surface area (Å²) in [6.07, 6.45) is 1.04. The van der Waals surface area contributed by atoms with Crippen LogP contribution < -0.4 is 10.3 Å². The molecule has 1 fully saturated rings. The Morgan fingerprint density at radius 3 is 2.42 bits per heavy atom. The molecule has 0 saturated carbocycles. The van der Waals surface area contributed by atoms with Gasteiger partial charge in [0.25, 0.3) is 0 Å². The fraction of sp³-hybridized carbons (Fsp3) is 0.348. The summed E-state index contributed by atoms with van der Waals surface area (Å²) in [6, 6.07) is 2.92. The van der Waals surface area contributed by atoms with E-state index in [1.54, 1.807) is 4.90 Å². The molecule has 1 atom stereocenters. The zero-order valence-electron chi connectivity index (χ0n) is 18.4. The van der Waals surface area contributed by atoms with E-state index in [4.69, 9.17) is 0 Å². The van der Waals surface area contributed by atoms with Gasteiger partial charge in [-0.05, 0) is 44.7 Å². The first-order valence-electron chi connectivity index (χ1n) is 10.4. The van der Waals surface area contributed by atoms with Crippen molar-refractivity contribution in [1.29, 1.82) is 0 Å². The first-order chi connectivity index (χ1) is 15.6. The Morgan fingerprint density at radius 1 is 1.15 bits per heavy atom. The summed E-state index contributed by atoms with van der Waals surface area (Å²) in [5.41, 5.74) is -1.47. The van der Waals surface area contributed by atoms with Crippen LogP contribution in [0.5, 0.6) is 0 Å². The Labute approximate surface area is 187 Å². The van der Waals surface area contributed by atoms with E-state index in [2.05, 4.69) is 4.98 Å². The monoisotopic (exact) mass is 460 g/mol. The molecule has 1 aliphatic heterocycles. The number of pyridine rings is 2. The zero-order chi connectivity index (χ0) is 24.0. The van der Waals surface area contributed by atoms with Crippen LogP contribution >= 0.6 is 0 Å². The van der Waals surface area contributed by atoms with Gasteiger partial charge in [-0.25, -0.2) is 18.2 Å². The third-order valence-electron chi connectivity index (χ3n) is 5.98. The van der Waals surface area contributed by atoms with Gasteiger partial charge < -0.3 is 10.0 Å². The molecule has 1 aliphatic rings. The van der Waals surface area contributed by atoms with Crippen molar-refractivity contribution in [2.75, 3.05) is 38.2 Å². The van der Waals surface area contributed by atoms with Gasteiger partial charge in [-0.15, -0.1) is 0 Å². The zero-order valence-corrected chi connectivity index (χ0v) is 18.4. The van der Waals surface area contributed by atoms with Gasteiger partial charge in [0.1, 0.15) is 5.69 Å². The van der Waals surface area contributed by atoms with Gasteiger partial charge in [0.05, 0.1) is 23.6 Å². The number of carbonyl (C=O) groups excluding carboxylic acids is 1. The number of carbonyl (C=O) groups is 1. The summed E-state index contributed by atoms with van der Waals surface area (Å²) in [6.45, 7) is 3.72. The molecule has 0 aliphatic carbocycles. The van der Waals surface area contributed by atoms with E-state index in [1.165, 1.54) is 6.92 Å². The predicted octanol–water partition coefficient (Wildman–Crippen LogP) is 2.43. The number of aromatic nitrogens is 2. The van der Waals surface area contributed by atoms with E-state index in [0.29, 0.717) is 18.7 Å². The Bertz CT molecular complexity index is 1300. The number of nitrogens with zero attached hydrogens (tertiary/aromatic N) is 4. The van der Waals surface area contributed by atoms with Crippen molar-refractivity contribution in [3.05, 3.63) is 63.2 Å². The average molecular weight is 460 g/mol. The molecule has 0 radical (unpaired) electrons. The van der Waals surface area contributed by atoms with Crippen molar-refractivity contribution in [2.45, 2.75) is 19.9 Å². The minimum atomic E-state index is -0.917. The van der Waals surface area contributed by atoms with Crippen LogP contribution in [0.2, 0.25) is 0 Å². The van der Waals surface area contributed by atoms with Crippen molar-refractivity contribution in [3.8, 4) is 5.69 Å². The van der Waals surface area contributed by atoms with Gasteiger partial charge in [0.2, 0.25) is 5.43 Å². The predicted molar refractivity (Wildman–Crippen MR) is 118 cm³/mol. The highest BCUT2D eigenvalue weighted by Crippen LogP contribution is 2.27. The fourth-order valence-electron chi connectivity index (χ4n) is 4.12. The molecule has 33 heavy (non-hydrogen) atoms. The number of Topliss-reactive ketones (excluding diaryl/α,β-unsaturated/α-hetero) is 1. The molecular formula is C23H23F3N4O3. The van der Waals surface area contributed by atoms with E-state index in [1.807, 2.05) is 11.9 Å². The second-order valence-electron chi connectivity index (χ2n) is 8.30. The van der Waals surface area contributed by atoms with Gasteiger partial charge in [-0.1, -0.05) is 0 Å². The number of hydrogen-bond acceptors (Lipinski definition) is 6. The third kappa shape index (κ3) is 4.00. The lowest BCUT2D eigenvalue weighted by atomic mass is 10.1. The molecule has 4 rings (SSSR count). The smallest absolute Gasteiger partial charge is 0.201 e. The van der Waals surface area contributed by atoms with Crippen molar-refractivity contribution in [1.82, 2.24) is 14.5 Å². The molecule has 0 bridgehead atoms. The maximum absolute atomic E-state index is 15.1. The number of halogens is 3. The molecule has 7 nitrogen and oxygen atoms in total. The van der Waals surface area contributed by atoms with E-state index in [9.17, 15) is 23.5 Å². The van der Waals surface area contributed by atoms with Crippen molar-refractivity contribution in [2.24, 2.45) is 0 Å². The molecule has 174 valence electrons. The van der Waals surface area contributed by atoms with Crippen LogP contribution in [0.4, 0.5) is 19.0 Å². The molecule has 1 N–H and O–H groups in total. The van der Waals surface area contributed by atoms with E-state index in [-0.39, 0.29) is 41.6 Å². The van der Waals surface area contributed by atoms with Gasteiger partial charge in [-0.2, -0.15) is 0 Å². The van der Waals surface area contributed by atoms with Gasteiger partial charge in [0, 0.05) is 25.8 Å². The van der Waals surface area contributed by atoms with Crippen LogP contribution in [0.15, 0.2) is 29.2 Å². The number of hydrogen-bond donors (Lipinski definition) is 1. The van der Waals surface area contributed by atoms with Crippen molar-refractivity contribution >= 4 is 22.6 Å². The molecule has 0 spiro atoms. The topological polar surface area (TPSA) is 78.7 Å². The summed E-state index contributed by atoms with van der Waals surface area (Å²) in [5, 5.41) is 9.35. The summed E-state index contributed by atoms with van der Waals surface area (Å²) < 4.78 is 45.8. The largest absolute Gasteiger partial charge is 0.395 e. The molecule has 1 unspecified atom stereocenters. The molecular weight excluding hydrogens is 437 g/mol. The third-order valence-corrected chi connectivity index (χ3v) is 5.98. The molecule has 10 heteroatoms. The van der Waals surface area contributed by atoms with E-state index < -0.39 is 34.4 Å². The number of anilines is 1. The lowest BCUT2D eigenvalue weighted by Gasteiger charge is -2.39. The van der Waals surface area contributed by atoms with Crippen LogP contribution in [0.3, 0.4) is 0 Å². The number of likely N-dealkylation sites (N-methyl/N-ethyl adjacent to an activating group) is 1. The second-order valence-corrected chi connectivity index (χ2v) is 8.30. The standard InChI is InChI=1S/C23H23F3N4O3/c1-12-6-17(24)20(18(25)7-12)30-10-16(13(2)32)21(33)15-8-19(26)23(27-22(15)30)29-5-4-28(3)14(9-29)11-31/h6-8,10,14,31H,4-5,9,11H2,1-3H3. The summed E-state index contributed by atoms with van der Waals surface area (Å²) in [4.78, 5) is 32.8. The first kappa shape index (κ1) is 22.9. The average Bonchev–Trinajstić information content (AvgIpc) is 2.74.